The Morgan fingerprint density at radius 1 is 1.31 bits per heavy atom. The Kier molecular flexibility index (Phi) is 3.70. The normalized spacial score (nSPS) is 12.6. The first-order chi connectivity index (χ1) is 7.81. The first-order valence-corrected chi connectivity index (χ1v) is 6.43. The lowest BCUT2D eigenvalue weighted by Gasteiger charge is -2.17. The Hall–Kier alpha value is -1.19. The number of aromatic nitrogens is 1. The molecular formula is C13H16N2S. The molecule has 0 spiro atoms. The van der Waals surface area contributed by atoms with E-state index >= 15 is 0 Å². The van der Waals surface area contributed by atoms with Crippen molar-refractivity contribution >= 4 is 11.3 Å². The van der Waals surface area contributed by atoms with Gasteiger partial charge in [0, 0.05) is 11.9 Å². The zero-order chi connectivity index (χ0) is 11.4. The van der Waals surface area contributed by atoms with Crippen LogP contribution in [0.3, 0.4) is 0 Å². The molecule has 2 aromatic heterocycles. The topological polar surface area (TPSA) is 24.9 Å². The van der Waals surface area contributed by atoms with Crippen LogP contribution in [-0.4, -0.2) is 11.5 Å². The molecule has 2 aromatic rings. The molecule has 84 valence electrons. The van der Waals surface area contributed by atoms with Gasteiger partial charge in [0.25, 0.3) is 0 Å². The second kappa shape index (κ2) is 5.23. The van der Waals surface area contributed by atoms with Gasteiger partial charge in [-0.15, -0.1) is 0 Å². The summed E-state index contributed by atoms with van der Waals surface area (Å²) in [4.78, 5) is 4.36. The molecule has 0 radical (unpaired) electrons. The minimum Gasteiger partial charge on any atom is -0.306 e. The summed E-state index contributed by atoms with van der Waals surface area (Å²) in [5.74, 6) is 0. The van der Waals surface area contributed by atoms with Crippen molar-refractivity contribution in [2.45, 2.75) is 19.9 Å². The fraction of sp³-hybridized carbons (Fsp3) is 0.308. The van der Waals surface area contributed by atoms with E-state index in [-0.39, 0.29) is 6.04 Å². The first-order valence-electron chi connectivity index (χ1n) is 5.49. The highest BCUT2D eigenvalue weighted by Crippen LogP contribution is 2.23. The molecule has 2 rings (SSSR count). The zero-order valence-corrected chi connectivity index (χ0v) is 10.4. The highest BCUT2D eigenvalue weighted by molar-refractivity contribution is 7.08. The van der Waals surface area contributed by atoms with Gasteiger partial charge in [-0.3, -0.25) is 4.98 Å². The summed E-state index contributed by atoms with van der Waals surface area (Å²) in [7, 11) is 0. The maximum absolute atomic E-state index is 4.36. The molecule has 0 amide bonds. The van der Waals surface area contributed by atoms with Crippen LogP contribution < -0.4 is 5.32 Å². The number of rotatable bonds is 4. The lowest BCUT2D eigenvalue weighted by atomic mass is 10.0. The summed E-state index contributed by atoms with van der Waals surface area (Å²) in [6, 6.07) is 6.64. The molecule has 0 saturated carbocycles. The molecule has 1 unspecified atom stereocenters. The van der Waals surface area contributed by atoms with Crippen LogP contribution in [0.25, 0.3) is 0 Å². The van der Waals surface area contributed by atoms with Crippen LogP contribution in [0.1, 0.15) is 29.8 Å². The van der Waals surface area contributed by atoms with Crippen molar-refractivity contribution in [2.75, 3.05) is 6.54 Å². The SMILES string of the molecule is CCNC(c1ccc(C)nc1)c1ccsc1. The summed E-state index contributed by atoms with van der Waals surface area (Å²) < 4.78 is 0. The van der Waals surface area contributed by atoms with Crippen molar-refractivity contribution in [3.05, 3.63) is 52.0 Å². The predicted molar refractivity (Wildman–Crippen MR) is 68.8 cm³/mol. The number of hydrogen-bond donors (Lipinski definition) is 1. The maximum atomic E-state index is 4.36. The van der Waals surface area contributed by atoms with Gasteiger partial charge in [0.2, 0.25) is 0 Å². The second-order valence-corrected chi connectivity index (χ2v) is 4.56. The highest BCUT2D eigenvalue weighted by Gasteiger charge is 2.13. The monoisotopic (exact) mass is 232 g/mol. The lowest BCUT2D eigenvalue weighted by molar-refractivity contribution is 0.630. The molecule has 0 aromatic carbocycles. The fourth-order valence-electron chi connectivity index (χ4n) is 1.72. The molecule has 0 aliphatic rings. The van der Waals surface area contributed by atoms with Crippen molar-refractivity contribution in [1.82, 2.24) is 10.3 Å². The van der Waals surface area contributed by atoms with Crippen molar-refractivity contribution in [3.63, 3.8) is 0 Å². The zero-order valence-electron chi connectivity index (χ0n) is 9.60. The minimum atomic E-state index is 0.268. The fourth-order valence-corrected chi connectivity index (χ4v) is 2.41. The maximum Gasteiger partial charge on any atom is 0.0600 e. The standard InChI is InChI=1S/C13H16N2S/c1-3-14-13(12-6-7-16-9-12)11-5-4-10(2)15-8-11/h4-9,13-14H,3H2,1-2H3. The molecule has 1 atom stereocenters. The van der Waals surface area contributed by atoms with Gasteiger partial charge in [-0.25, -0.2) is 0 Å². The highest BCUT2D eigenvalue weighted by atomic mass is 32.1. The Morgan fingerprint density at radius 3 is 2.75 bits per heavy atom. The first kappa shape index (κ1) is 11.3. The molecule has 0 fully saturated rings. The van der Waals surface area contributed by atoms with Crippen LogP contribution in [-0.2, 0) is 0 Å². The number of pyridine rings is 1. The molecule has 0 aliphatic carbocycles. The molecule has 3 heteroatoms. The van der Waals surface area contributed by atoms with Gasteiger partial charge in [-0.2, -0.15) is 11.3 Å². The number of nitrogens with one attached hydrogen (secondary N) is 1. The van der Waals surface area contributed by atoms with Crippen LogP contribution in [0.5, 0.6) is 0 Å². The van der Waals surface area contributed by atoms with Gasteiger partial charge in [-0.1, -0.05) is 13.0 Å². The number of thiophene rings is 1. The Labute approximate surface area is 100 Å². The third-order valence-corrected chi connectivity index (χ3v) is 3.25. The molecule has 0 aliphatic heterocycles. The molecule has 2 nitrogen and oxygen atoms in total. The van der Waals surface area contributed by atoms with Gasteiger partial charge in [0.05, 0.1) is 6.04 Å². The predicted octanol–water partition coefficient (Wildman–Crippen LogP) is 3.15. The summed E-state index contributed by atoms with van der Waals surface area (Å²) >= 11 is 1.73. The van der Waals surface area contributed by atoms with Gasteiger partial charge < -0.3 is 5.32 Å². The third kappa shape index (κ3) is 2.49. The summed E-state index contributed by atoms with van der Waals surface area (Å²) in [5, 5.41) is 7.79. The largest absolute Gasteiger partial charge is 0.306 e. The number of hydrogen-bond acceptors (Lipinski definition) is 3. The smallest absolute Gasteiger partial charge is 0.0600 e. The van der Waals surface area contributed by atoms with E-state index in [1.54, 1.807) is 11.3 Å². The van der Waals surface area contributed by atoms with E-state index < -0.39 is 0 Å². The lowest BCUT2D eigenvalue weighted by Crippen LogP contribution is -2.21. The van der Waals surface area contributed by atoms with E-state index in [2.05, 4.69) is 46.2 Å². The second-order valence-electron chi connectivity index (χ2n) is 3.78. The van der Waals surface area contributed by atoms with Gasteiger partial charge in [0.15, 0.2) is 0 Å². The average molecular weight is 232 g/mol. The van der Waals surface area contributed by atoms with E-state index in [0.717, 1.165) is 12.2 Å². The summed E-state index contributed by atoms with van der Waals surface area (Å²) in [5.41, 5.74) is 3.60. The number of aryl methyl sites for hydroxylation is 1. The van der Waals surface area contributed by atoms with Gasteiger partial charge in [-0.05, 0) is 47.5 Å². The van der Waals surface area contributed by atoms with Crippen LogP contribution >= 0.6 is 11.3 Å². The van der Waals surface area contributed by atoms with Crippen LogP contribution in [0.15, 0.2) is 35.2 Å². The van der Waals surface area contributed by atoms with E-state index in [1.807, 2.05) is 13.1 Å². The molecular weight excluding hydrogens is 216 g/mol. The van der Waals surface area contributed by atoms with E-state index in [1.165, 1.54) is 11.1 Å². The van der Waals surface area contributed by atoms with Crippen LogP contribution in [0.4, 0.5) is 0 Å². The average Bonchev–Trinajstić information content (AvgIpc) is 2.81. The Bertz CT molecular complexity index is 420. The molecule has 0 saturated heterocycles. The number of nitrogens with zero attached hydrogens (tertiary/aromatic N) is 1. The molecule has 16 heavy (non-hydrogen) atoms. The Balaban J connectivity index is 2.29. The third-order valence-electron chi connectivity index (χ3n) is 2.55. The minimum absolute atomic E-state index is 0.268. The van der Waals surface area contributed by atoms with Crippen LogP contribution in [0.2, 0.25) is 0 Å². The van der Waals surface area contributed by atoms with Crippen molar-refractivity contribution in [3.8, 4) is 0 Å². The quantitative estimate of drug-likeness (QED) is 0.876. The van der Waals surface area contributed by atoms with E-state index in [9.17, 15) is 0 Å². The van der Waals surface area contributed by atoms with E-state index in [4.69, 9.17) is 0 Å². The van der Waals surface area contributed by atoms with Crippen molar-refractivity contribution < 1.29 is 0 Å². The van der Waals surface area contributed by atoms with Crippen molar-refractivity contribution in [2.24, 2.45) is 0 Å². The Morgan fingerprint density at radius 2 is 2.19 bits per heavy atom. The van der Waals surface area contributed by atoms with Crippen LogP contribution in [0, 0.1) is 6.92 Å². The summed E-state index contributed by atoms with van der Waals surface area (Å²) in [6.07, 6.45) is 1.96. The van der Waals surface area contributed by atoms with E-state index in [0.29, 0.717) is 0 Å². The molecule has 0 bridgehead atoms. The molecule has 2 heterocycles. The molecule has 1 N–H and O–H groups in total. The van der Waals surface area contributed by atoms with Crippen molar-refractivity contribution in [1.29, 1.82) is 0 Å². The van der Waals surface area contributed by atoms with Gasteiger partial charge >= 0.3 is 0 Å². The van der Waals surface area contributed by atoms with Gasteiger partial charge in [0.1, 0.15) is 0 Å². The summed E-state index contributed by atoms with van der Waals surface area (Å²) in [6.45, 7) is 5.09.